The molecule has 6 heteroatoms. The summed E-state index contributed by atoms with van der Waals surface area (Å²) < 4.78 is 5.56. The first-order valence-electron chi connectivity index (χ1n) is 10.1. The minimum absolute atomic E-state index is 0.429. The third kappa shape index (κ3) is 3.57. The van der Waals surface area contributed by atoms with Crippen LogP contribution < -0.4 is 5.32 Å². The van der Waals surface area contributed by atoms with Gasteiger partial charge >= 0.3 is 0 Å². The molecule has 3 aromatic rings. The Morgan fingerprint density at radius 1 is 1.00 bits per heavy atom. The van der Waals surface area contributed by atoms with Crippen LogP contribution >= 0.6 is 0 Å². The molecular formula is C22H25N5O. The Hall–Kier alpha value is -2.57. The monoisotopic (exact) mass is 375 g/mol. The second-order valence-electron chi connectivity index (χ2n) is 7.63. The lowest BCUT2D eigenvalue weighted by atomic mass is 10.0. The molecule has 28 heavy (non-hydrogen) atoms. The molecule has 0 radical (unpaired) electrons. The normalized spacial score (nSPS) is 21.2. The second kappa shape index (κ2) is 7.81. The number of ether oxygens (including phenoxy) is 1. The zero-order chi connectivity index (χ0) is 18.8. The first kappa shape index (κ1) is 17.5. The fraction of sp³-hybridized carbons (Fsp3) is 0.409. The van der Waals surface area contributed by atoms with E-state index in [0.29, 0.717) is 12.1 Å². The number of aromatic nitrogens is 3. The average molecular weight is 375 g/mol. The van der Waals surface area contributed by atoms with E-state index in [2.05, 4.69) is 21.3 Å². The van der Waals surface area contributed by atoms with E-state index in [4.69, 9.17) is 14.7 Å². The number of hydrogen-bond acceptors (Lipinski definition) is 6. The molecule has 6 nitrogen and oxygen atoms in total. The lowest BCUT2D eigenvalue weighted by molar-refractivity contribution is 0.124. The lowest BCUT2D eigenvalue weighted by Crippen LogP contribution is -2.45. The van der Waals surface area contributed by atoms with Crippen molar-refractivity contribution in [2.45, 2.75) is 31.3 Å². The molecule has 1 aromatic carbocycles. The van der Waals surface area contributed by atoms with Gasteiger partial charge in [0.25, 0.3) is 0 Å². The van der Waals surface area contributed by atoms with Crippen LogP contribution in [0.2, 0.25) is 0 Å². The van der Waals surface area contributed by atoms with Gasteiger partial charge in [-0.15, -0.1) is 0 Å². The van der Waals surface area contributed by atoms with Gasteiger partial charge in [0.1, 0.15) is 5.82 Å². The summed E-state index contributed by atoms with van der Waals surface area (Å²) in [6, 6.07) is 13.2. The van der Waals surface area contributed by atoms with Crippen LogP contribution in [0.25, 0.3) is 22.3 Å². The molecule has 1 unspecified atom stereocenters. The van der Waals surface area contributed by atoms with Crippen LogP contribution in [-0.2, 0) is 4.74 Å². The molecule has 1 atom stereocenters. The van der Waals surface area contributed by atoms with Gasteiger partial charge in [0.2, 0.25) is 0 Å². The SMILES string of the molecule is c1cncc(-c2nc(NC3CCN(C4CCOC4)CC3)c3ccccc3n2)c1. The number of hydrogen-bond donors (Lipinski definition) is 1. The van der Waals surface area contributed by atoms with Crippen molar-refractivity contribution in [3.05, 3.63) is 48.8 Å². The number of pyridine rings is 1. The zero-order valence-corrected chi connectivity index (χ0v) is 15.9. The van der Waals surface area contributed by atoms with Crippen LogP contribution in [-0.4, -0.2) is 58.2 Å². The molecule has 2 fully saturated rings. The van der Waals surface area contributed by atoms with Crippen molar-refractivity contribution in [3.63, 3.8) is 0 Å². The van der Waals surface area contributed by atoms with Gasteiger partial charge in [-0.2, -0.15) is 0 Å². The summed E-state index contributed by atoms with van der Waals surface area (Å²) in [6.45, 7) is 4.03. The van der Waals surface area contributed by atoms with Gasteiger partial charge in [-0.25, -0.2) is 9.97 Å². The number of benzene rings is 1. The fourth-order valence-corrected chi connectivity index (χ4v) is 4.22. The molecule has 144 valence electrons. The van der Waals surface area contributed by atoms with Crippen LogP contribution in [0.4, 0.5) is 5.82 Å². The number of piperidine rings is 1. The number of fused-ring (bicyclic) bond motifs is 1. The third-order valence-corrected chi connectivity index (χ3v) is 5.82. The smallest absolute Gasteiger partial charge is 0.163 e. The van der Waals surface area contributed by atoms with Crippen LogP contribution in [0.1, 0.15) is 19.3 Å². The van der Waals surface area contributed by atoms with E-state index in [1.807, 2.05) is 36.5 Å². The summed E-state index contributed by atoms with van der Waals surface area (Å²) in [4.78, 5) is 16.4. The van der Waals surface area contributed by atoms with Crippen LogP contribution in [0, 0.1) is 0 Å². The molecule has 2 saturated heterocycles. The average Bonchev–Trinajstić information content (AvgIpc) is 3.30. The number of para-hydroxylation sites is 1. The quantitative estimate of drug-likeness (QED) is 0.754. The van der Waals surface area contributed by atoms with Crippen molar-refractivity contribution in [2.75, 3.05) is 31.6 Å². The third-order valence-electron chi connectivity index (χ3n) is 5.82. The van der Waals surface area contributed by atoms with Crippen LogP contribution in [0.3, 0.4) is 0 Å². The Bertz CT molecular complexity index is 934. The topological polar surface area (TPSA) is 63.2 Å². The Morgan fingerprint density at radius 2 is 1.89 bits per heavy atom. The highest BCUT2D eigenvalue weighted by atomic mass is 16.5. The molecule has 5 rings (SSSR count). The van der Waals surface area contributed by atoms with Crippen molar-refractivity contribution >= 4 is 16.7 Å². The van der Waals surface area contributed by atoms with Crippen molar-refractivity contribution in [3.8, 4) is 11.4 Å². The van der Waals surface area contributed by atoms with E-state index in [1.54, 1.807) is 6.20 Å². The molecular weight excluding hydrogens is 350 g/mol. The van der Waals surface area contributed by atoms with E-state index in [9.17, 15) is 0 Å². The number of nitrogens with one attached hydrogen (secondary N) is 1. The molecule has 0 saturated carbocycles. The van der Waals surface area contributed by atoms with Crippen molar-refractivity contribution < 1.29 is 4.74 Å². The van der Waals surface area contributed by atoms with Gasteiger partial charge in [-0.3, -0.25) is 9.88 Å². The predicted octanol–water partition coefficient (Wildman–Crippen LogP) is 3.36. The molecule has 1 N–H and O–H groups in total. The molecule has 4 heterocycles. The van der Waals surface area contributed by atoms with Gasteiger partial charge < -0.3 is 10.1 Å². The zero-order valence-electron chi connectivity index (χ0n) is 15.9. The Morgan fingerprint density at radius 3 is 2.68 bits per heavy atom. The maximum Gasteiger partial charge on any atom is 0.163 e. The number of anilines is 1. The molecule has 2 aliphatic heterocycles. The number of likely N-dealkylation sites (tertiary alicyclic amines) is 1. The molecule has 0 aliphatic carbocycles. The first-order valence-corrected chi connectivity index (χ1v) is 10.1. The largest absolute Gasteiger partial charge is 0.380 e. The maximum atomic E-state index is 5.56. The van der Waals surface area contributed by atoms with Gasteiger partial charge in [-0.1, -0.05) is 12.1 Å². The highest BCUT2D eigenvalue weighted by Crippen LogP contribution is 2.27. The summed E-state index contributed by atoms with van der Waals surface area (Å²) in [5.41, 5.74) is 1.90. The summed E-state index contributed by atoms with van der Waals surface area (Å²) in [5, 5.41) is 4.79. The Kier molecular flexibility index (Phi) is 4.89. The minimum atomic E-state index is 0.429. The first-order chi connectivity index (χ1) is 13.9. The summed E-state index contributed by atoms with van der Waals surface area (Å²) in [5.74, 6) is 1.64. The second-order valence-corrected chi connectivity index (χ2v) is 7.63. The maximum absolute atomic E-state index is 5.56. The van der Waals surface area contributed by atoms with Gasteiger partial charge in [-0.05, 0) is 43.5 Å². The standard InChI is InChI=1S/C22H25N5O/c1-2-6-20-19(5-1)22(26-21(25-20)16-4-3-10-23-14-16)24-17-7-11-27(12-8-17)18-9-13-28-15-18/h1-6,10,14,17-18H,7-9,11-13,15H2,(H,24,25,26). The predicted molar refractivity (Wildman–Crippen MR) is 110 cm³/mol. The molecule has 2 aliphatic rings. The molecule has 0 amide bonds. The van der Waals surface area contributed by atoms with Crippen molar-refractivity contribution in [1.29, 1.82) is 0 Å². The number of rotatable bonds is 4. The van der Waals surface area contributed by atoms with Gasteiger partial charge in [0, 0.05) is 55.1 Å². The molecule has 0 spiro atoms. The van der Waals surface area contributed by atoms with Gasteiger partial charge in [0.05, 0.1) is 12.1 Å². The van der Waals surface area contributed by atoms with E-state index in [0.717, 1.165) is 67.3 Å². The highest BCUT2D eigenvalue weighted by Gasteiger charge is 2.28. The van der Waals surface area contributed by atoms with E-state index in [1.165, 1.54) is 6.42 Å². The minimum Gasteiger partial charge on any atom is -0.380 e. The van der Waals surface area contributed by atoms with Crippen molar-refractivity contribution in [1.82, 2.24) is 19.9 Å². The number of nitrogens with zero attached hydrogens (tertiary/aromatic N) is 4. The lowest BCUT2D eigenvalue weighted by Gasteiger charge is -2.35. The van der Waals surface area contributed by atoms with E-state index in [-0.39, 0.29) is 0 Å². The molecule has 0 bridgehead atoms. The Balaban J connectivity index is 1.38. The fourth-order valence-electron chi connectivity index (χ4n) is 4.22. The highest BCUT2D eigenvalue weighted by molar-refractivity contribution is 5.90. The van der Waals surface area contributed by atoms with Crippen LogP contribution in [0.15, 0.2) is 48.8 Å². The van der Waals surface area contributed by atoms with E-state index >= 15 is 0 Å². The molecule has 2 aromatic heterocycles. The van der Waals surface area contributed by atoms with Crippen molar-refractivity contribution in [2.24, 2.45) is 0 Å². The summed E-state index contributed by atoms with van der Waals surface area (Å²) in [7, 11) is 0. The summed E-state index contributed by atoms with van der Waals surface area (Å²) in [6.07, 6.45) is 7.00. The van der Waals surface area contributed by atoms with E-state index < -0.39 is 0 Å². The Labute approximate surface area is 165 Å². The summed E-state index contributed by atoms with van der Waals surface area (Å²) >= 11 is 0. The van der Waals surface area contributed by atoms with Crippen LogP contribution in [0.5, 0.6) is 0 Å². The van der Waals surface area contributed by atoms with Gasteiger partial charge in [0.15, 0.2) is 5.82 Å².